The molecule has 0 bridgehead atoms. The van der Waals surface area contributed by atoms with E-state index >= 15 is 0 Å². The van der Waals surface area contributed by atoms with Gasteiger partial charge in [-0.1, -0.05) is 73.9 Å². The molecule has 3 saturated heterocycles. The number of hydrogen-bond acceptors (Lipinski definition) is 9. The quantitative estimate of drug-likeness (QED) is 0.0981. The van der Waals surface area contributed by atoms with Crippen LogP contribution in [0.2, 0.25) is 0 Å². The number of aliphatic hydroxyl groups excluding tert-OH is 1. The summed E-state index contributed by atoms with van der Waals surface area (Å²) in [6.07, 6.45) is 21.7. The first-order valence-electron chi connectivity index (χ1n) is 21.3. The van der Waals surface area contributed by atoms with Crippen LogP contribution >= 0.6 is 0 Å². The molecule has 348 valence electrons. The lowest BCUT2D eigenvalue weighted by Crippen LogP contribution is -2.34. The maximum Gasteiger partial charge on any atom is 0.254 e. The Morgan fingerprint density at radius 1 is 0.855 bits per heavy atom. The summed E-state index contributed by atoms with van der Waals surface area (Å²) in [7, 11) is 3.38. The summed E-state index contributed by atoms with van der Waals surface area (Å²) in [5.74, 6) is 0.818. The smallest absolute Gasteiger partial charge is 0.254 e. The van der Waals surface area contributed by atoms with Crippen LogP contribution in [0.25, 0.3) is 0 Å². The van der Waals surface area contributed by atoms with E-state index in [-0.39, 0.29) is 24.0 Å². The normalized spacial score (nSPS) is 13.9. The van der Waals surface area contributed by atoms with Crippen molar-refractivity contribution in [2.24, 2.45) is 5.92 Å². The minimum atomic E-state index is -0.0949. The molecule has 12 heteroatoms. The van der Waals surface area contributed by atoms with E-state index in [0.717, 1.165) is 90.4 Å². The van der Waals surface area contributed by atoms with Crippen molar-refractivity contribution in [1.82, 2.24) is 14.4 Å². The van der Waals surface area contributed by atoms with Crippen molar-refractivity contribution >= 4 is 11.8 Å². The molecule has 0 saturated carbocycles. The predicted octanol–water partition coefficient (Wildman–Crippen LogP) is 8.69. The number of piperidine rings is 1. The Balaban J connectivity index is -0.000000684. The van der Waals surface area contributed by atoms with Gasteiger partial charge in [-0.3, -0.25) is 14.4 Å². The molecule has 4 heterocycles. The minimum absolute atomic E-state index is 0.0709. The first kappa shape index (κ1) is 61.4. The second kappa shape index (κ2) is 45.6. The molecule has 0 aromatic carbocycles. The van der Waals surface area contributed by atoms with Gasteiger partial charge in [0.15, 0.2) is 0 Å². The molecule has 62 heavy (non-hydrogen) atoms. The predicted molar refractivity (Wildman–Crippen MR) is 256 cm³/mol. The molecule has 4 rings (SSSR count). The molecular formula is C50H80N4O8. The number of aliphatic hydroxyl groups is 1. The number of pyridine rings is 1. The molecule has 0 atom stereocenters. The molecule has 1 N–H and O–H groups in total. The Bertz CT molecular complexity index is 1480. The van der Waals surface area contributed by atoms with Gasteiger partial charge < -0.3 is 38.4 Å². The Morgan fingerprint density at radius 2 is 1.42 bits per heavy atom. The number of aryl methyl sites for hydroxylation is 1. The van der Waals surface area contributed by atoms with Gasteiger partial charge in [0.25, 0.3) is 11.5 Å². The molecule has 1 aromatic heterocycles. The van der Waals surface area contributed by atoms with E-state index in [0.29, 0.717) is 45.0 Å². The number of ether oxygens (including phenoxy) is 4. The fourth-order valence-corrected chi connectivity index (χ4v) is 4.86. The molecule has 0 spiro atoms. The highest BCUT2D eigenvalue weighted by Gasteiger charge is 2.14. The number of nitrogens with zero attached hydrogens (tertiary/aromatic N) is 4. The highest BCUT2D eigenvalue weighted by molar-refractivity contribution is 5.93. The lowest BCUT2D eigenvalue weighted by Gasteiger charge is -2.26. The fraction of sp³-hybridized carbons (Fsp3) is 0.520. The van der Waals surface area contributed by atoms with Crippen LogP contribution in [0, 0.1) is 17.2 Å². The zero-order valence-corrected chi connectivity index (χ0v) is 38.6. The molecule has 1 aromatic rings. The van der Waals surface area contributed by atoms with Crippen molar-refractivity contribution in [3.63, 3.8) is 0 Å². The average Bonchev–Trinajstić information content (AvgIpc) is 3.29. The van der Waals surface area contributed by atoms with Crippen LogP contribution in [0.15, 0.2) is 123 Å². The summed E-state index contributed by atoms with van der Waals surface area (Å²) in [5, 5.41) is 16.2. The van der Waals surface area contributed by atoms with Crippen molar-refractivity contribution in [2.75, 3.05) is 86.6 Å². The number of rotatable bonds is 16. The topological polar surface area (TPSA) is 144 Å². The number of aromatic nitrogens is 1. The van der Waals surface area contributed by atoms with Crippen LogP contribution in [-0.2, 0) is 30.3 Å². The summed E-state index contributed by atoms with van der Waals surface area (Å²) in [4.78, 5) is 37.5. The number of hydrogen-bond donors (Lipinski definition) is 1. The van der Waals surface area contributed by atoms with Crippen molar-refractivity contribution in [3.05, 3.63) is 134 Å². The third kappa shape index (κ3) is 39.2. The zero-order valence-electron chi connectivity index (χ0n) is 38.6. The summed E-state index contributed by atoms with van der Waals surface area (Å²) >= 11 is 0. The van der Waals surface area contributed by atoms with E-state index < -0.39 is 0 Å². The van der Waals surface area contributed by atoms with Gasteiger partial charge in [-0.05, 0) is 69.8 Å². The highest BCUT2D eigenvalue weighted by atomic mass is 16.5. The second-order valence-electron chi connectivity index (χ2n) is 14.0. The molecule has 0 unspecified atom stereocenters. The van der Waals surface area contributed by atoms with E-state index in [1.165, 1.54) is 35.0 Å². The molecule has 0 radical (unpaired) electrons. The maximum absolute atomic E-state index is 11.7. The standard InChI is InChI=1S/C13H18N2O2.C8H13NO.C7H14O3.C7H12O.C6H10O.C5H7N.C4H6/c1-4-5-6-9-15-10-11(7-8-12(15)16)13(17)14(2)3;1-7-3-5-9(6-4-7)8(2)10;1-2-4-9-6-7-10-5-3-8;1-2-7-3-5-8-6-4-7;1-6-2-4-7-5-3-6;1-2-3-4-5-6;1-3-4-2/h4,7-8,10H,1,5-6,9H2,2-3H3;1,3-6H2,2H3;2,8H,1,3-7H2;2,7H,1,3-6H2;1-5H2;2H,1,3-4H2;3-4H,1-2H2. The molecule has 12 nitrogen and oxygen atoms in total. The van der Waals surface area contributed by atoms with Gasteiger partial charge >= 0.3 is 0 Å². The molecule has 3 fully saturated rings. The number of allylic oxidation sites excluding steroid dienone is 5. The Morgan fingerprint density at radius 3 is 1.84 bits per heavy atom. The number of carbonyl (C=O) groups is 2. The molecule has 2 amide bonds. The van der Waals surface area contributed by atoms with Crippen LogP contribution in [0.3, 0.4) is 0 Å². The van der Waals surface area contributed by atoms with Gasteiger partial charge in [0.1, 0.15) is 0 Å². The molecule has 3 aliphatic heterocycles. The summed E-state index contributed by atoms with van der Waals surface area (Å²) in [6.45, 7) is 38.4. The van der Waals surface area contributed by atoms with Crippen LogP contribution in [0.5, 0.6) is 0 Å². The van der Waals surface area contributed by atoms with Crippen molar-refractivity contribution in [1.29, 1.82) is 5.26 Å². The average molecular weight is 865 g/mol. The Kier molecular flexibility index (Phi) is 45.2. The largest absolute Gasteiger partial charge is 0.394 e. The second-order valence-corrected chi connectivity index (χ2v) is 14.0. The van der Waals surface area contributed by atoms with Crippen LogP contribution < -0.4 is 5.56 Å². The lowest BCUT2D eigenvalue weighted by atomic mass is 10.0. The zero-order chi connectivity index (χ0) is 47.2. The maximum atomic E-state index is 11.7. The molecule has 0 aliphatic carbocycles. The van der Waals surface area contributed by atoms with Gasteiger partial charge in [-0.2, -0.15) is 5.26 Å². The summed E-state index contributed by atoms with van der Waals surface area (Å²) < 4.78 is 21.7. The number of amides is 2. The van der Waals surface area contributed by atoms with Gasteiger partial charge in [-0.15, -0.1) is 26.3 Å². The summed E-state index contributed by atoms with van der Waals surface area (Å²) in [5.41, 5.74) is 3.07. The van der Waals surface area contributed by atoms with Gasteiger partial charge in [0.2, 0.25) is 5.91 Å². The van der Waals surface area contributed by atoms with Gasteiger partial charge in [-0.25, -0.2) is 0 Å². The van der Waals surface area contributed by atoms with E-state index in [1.54, 1.807) is 62.2 Å². The number of nitriles is 1. The molecule has 3 aliphatic rings. The number of likely N-dealkylation sites (tertiary alicyclic amines) is 1. The van der Waals surface area contributed by atoms with Crippen molar-refractivity contribution in [3.8, 4) is 6.07 Å². The highest BCUT2D eigenvalue weighted by Crippen LogP contribution is 2.14. The van der Waals surface area contributed by atoms with E-state index in [4.69, 9.17) is 29.3 Å². The van der Waals surface area contributed by atoms with Gasteiger partial charge in [0, 0.05) is 72.6 Å². The Hall–Kier alpha value is -4.90. The third-order valence-corrected chi connectivity index (χ3v) is 8.63. The fourth-order valence-electron chi connectivity index (χ4n) is 4.86. The van der Waals surface area contributed by atoms with Crippen molar-refractivity contribution < 1.29 is 33.6 Å². The van der Waals surface area contributed by atoms with Gasteiger partial charge in [0.05, 0.1) is 57.9 Å². The van der Waals surface area contributed by atoms with Crippen LogP contribution in [-0.4, -0.2) is 118 Å². The monoisotopic (exact) mass is 865 g/mol. The first-order chi connectivity index (χ1) is 29.8. The molecular weight excluding hydrogens is 785 g/mol. The van der Waals surface area contributed by atoms with E-state index in [9.17, 15) is 14.4 Å². The SMILES string of the molecule is C=C1CCN(C(C)=O)CC1.C=C1CCOCC1.C=CC1CCOCC1.C=CC=C.C=CCCC#N.C=CCCCn1cc(C(=O)N(C)C)ccc1=O.C=CCOCCOCCO. The van der Waals surface area contributed by atoms with Crippen LogP contribution in [0.1, 0.15) is 81.5 Å². The van der Waals surface area contributed by atoms with E-state index in [1.807, 2.05) is 23.1 Å². The first-order valence-corrected chi connectivity index (χ1v) is 21.3. The Labute approximate surface area is 374 Å². The lowest BCUT2D eigenvalue weighted by molar-refractivity contribution is -0.129. The minimum Gasteiger partial charge on any atom is -0.394 e. The number of unbranched alkanes of at least 4 members (excludes halogenated alkanes) is 2. The number of carbonyl (C=O) groups excluding carboxylic acids is 2. The van der Waals surface area contributed by atoms with Crippen molar-refractivity contribution in [2.45, 2.75) is 77.7 Å². The van der Waals surface area contributed by atoms with E-state index in [2.05, 4.69) is 52.6 Å². The van der Waals surface area contributed by atoms with Crippen LogP contribution in [0.4, 0.5) is 0 Å². The third-order valence-electron chi connectivity index (χ3n) is 8.63. The summed E-state index contributed by atoms with van der Waals surface area (Å²) in [6, 6.07) is 5.00.